The highest BCUT2D eigenvalue weighted by atomic mass is 16.1. The maximum atomic E-state index is 11.5. The molecule has 2 radical (unpaired) electrons. The molecule has 1 aliphatic rings. The van der Waals surface area contributed by atoms with Gasteiger partial charge in [-0.05, 0) is 32.3 Å². The molecule has 0 saturated heterocycles. The number of Topliss-reactive ketones (excluding diaryl/α,β-unsaturated/α-hetero) is 1. The van der Waals surface area contributed by atoms with Crippen LogP contribution in [0.3, 0.4) is 0 Å². The first kappa shape index (κ1) is 15.1. The van der Waals surface area contributed by atoms with Crippen LogP contribution in [0.5, 0.6) is 0 Å². The van der Waals surface area contributed by atoms with E-state index in [1.165, 1.54) is 0 Å². The van der Waals surface area contributed by atoms with Gasteiger partial charge in [0, 0.05) is 30.5 Å². The van der Waals surface area contributed by atoms with Gasteiger partial charge in [0.15, 0.2) is 0 Å². The molecule has 2 heterocycles. The summed E-state index contributed by atoms with van der Waals surface area (Å²) in [4.78, 5) is 15.8. The molecular formula is C16H21BN4O. The van der Waals surface area contributed by atoms with Crippen LogP contribution in [0, 0.1) is 0 Å². The van der Waals surface area contributed by atoms with E-state index in [0.717, 1.165) is 30.5 Å². The molecule has 0 unspecified atom stereocenters. The lowest BCUT2D eigenvalue weighted by molar-refractivity contribution is -0.120. The van der Waals surface area contributed by atoms with Gasteiger partial charge in [-0.2, -0.15) is 0 Å². The predicted octanol–water partition coefficient (Wildman–Crippen LogP) is 1.96. The Morgan fingerprint density at radius 3 is 2.86 bits per heavy atom. The Kier molecular flexibility index (Phi) is 4.18. The van der Waals surface area contributed by atoms with Gasteiger partial charge in [0.25, 0.3) is 0 Å². The normalized spacial score (nSPS) is 17.8. The molecule has 0 amide bonds. The molecule has 0 bridgehead atoms. The van der Waals surface area contributed by atoms with E-state index in [-0.39, 0.29) is 0 Å². The number of carbonyl (C=O) groups excluding carboxylic acids is 1. The van der Waals surface area contributed by atoms with Crippen LogP contribution < -0.4 is 10.8 Å². The topological polar surface area (TPSA) is 59.3 Å². The van der Waals surface area contributed by atoms with Crippen molar-refractivity contribution < 1.29 is 4.79 Å². The average Bonchev–Trinajstić information content (AvgIpc) is 2.84. The van der Waals surface area contributed by atoms with Gasteiger partial charge in [-0.3, -0.25) is 4.79 Å². The van der Waals surface area contributed by atoms with Crippen LogP contribution in [-0.4, -0.2) is 34.3 Å². The average molecular weight is 296 g/mol. The van der Waals surface area contributed by atoms with Crippen LogP contribution in [0.25, 0.3) is 5.52 Å². The van der Waals surface area contributed by atoms with E-state index in [9.17, 15) is 4.79 Å². The number of anilines is 1. The molecule has 0 aliphatic heterocycles. The monoisotopic (exact) mass is 296 g/mol. The number of rotatable bonds is 4. The fourth-order valence-electron chi connectivity index (χ4n) is 2.95. The zero-order valence-corrected chi connectivity index (χ0v) is 13.2. The van der Waals surface area contributed by atoms with Crippen molar-refractivity contribution in [3.05, 3.63) is 18.0 Å². The molecule has 1 N–H and O–H groups in total. The molecule has 22 heavy (non-hydrogen) atoms. The number of hydrogen-bond acceptors (Lipinski definition) is 4. The number of nitrogens with zero attached hydrogens (tertiary/aromatic N) is 3. The first-order valence-electron chi connectivity index (χ1n) is 8.01. The fraction of sp³-hybridized carbons (Fsp3) is 0.562. The number of carbonyl (C=O) groups is 1. The Morgan fingerprint density at radius 2 is 2.18 bits per heavy atom. The van der Waals surface area contributed by atoms with Crippen LogP contribution in [0.4, 0.5) is 5.95 Å². The number of aromatic nitrogens is 3. The van der Waals surface area contributed by atoms with Crippen molar-refractivity contribution in [2.24, 2.45) is 0 Å². The molecule has 2 aromatic rings. The van der Waals surface area contributed by atoms with E-state index >= 15 is 0 Å². The second kappa shape index (κ2) is 6.11. The molecule has 1 fully saturated rings. The molecule has 3 rings (SSSR count). The van der Waals surface area contributed by atoms with Gasteiger partial charge in [-0.25, -0.2) is 9.50 Å². The van der Waals surface area contributed by atoms with Crippen molar-refractivity contribution in [3.63, 3.8) is 0 Å². The Balaban J connectivity index is 1.95. The standard InChI is InChI=1S/C16H21BN4O/c1-3-10(2)19-16-18-9-15-13(17)8-14(21(15)20-16)11-4-6-12(22)7-5-11/h8-11H,3-7H2,1-2H3,(H,19,20)/t10-/m0/s1. The minimum Gasteiger partial charge on any atom is -0.351 e. The second-order valence-corrected chi connectivity index (χ2v) is 6.17. The van der Waals surface area contributed by atoms with Crippen molar-refractivity contribution in [2.75, 3.05) is 5.32 Å². The third kappa shape index (κ3) is 2.87. The van der Waals surface area contributed by atoms with Gasteiger partial charge >= 0.3 is 0 Å². The third-order valence-corrected chi connectivity index (χ3v) is 4.53. The molecular weight excluding hydrogens is 275 g/mol. The SMILES string of the molecule is [B]c1cc(C2CCC(=O)CC2)n2nc(N[C@@H](C)CC)ncc12. The van der Waals surface area contributed by atoms with Gasteiger partial charge in [0.05, 0.1) is 11.7 Å². The van der Waals surface area contributed by atoms with Crippen LogP contribution in [0.15, 0.2) is 12.3 Å². The summed E-state index contributed by atoms with van der Waals surface area (Å²) in [5.74, 6) is 1.32. The number of hydrogen-bond donors (Lipinski definition) is 1. The summed E-state index contributed by atoms with van der Waals surface area (Å²) in [6.45, 7) is 4.22. The maximum Gasteiger partial charge on any atom is 0.241 e. The van der Waals surface area contributed by atoms with E-state index in [1.54, 1.807) is 6.20 Å². The highest BCUT2D eigenvalue weighted by Crippen LogP contribution is 2.31. The van der Waals surface area contributed by atoms with E-state index < -0.39 is 0 Å². The molecule has 2 aromatic heterocycles. The highest BCUT2D eigenvalue weighted by molar-refractivity contribution is 6.36. The highest BCUT2D eigenvalue weighted by Gasteiger charge is 2.24. The first-order chi connectivity index (χ1) is 10.6. The Bertz CT molecular complexity index is 687. The van der Waals surface area contributed by atoms with Crippen molar-refractivity contribution >= 4 is 30.6 Å². The van der Waals surface area contributed by atoms with Gasteiger partial charge in [0.1, 0.15) is 13.6 Å². The van der Waals surface area contributed by atoms with E-state index in [4.69, 9.17) is 7.85 Å². The van der Waals surface area contributed by atoms with Gasteiger partial charge in [-0.1, -0.05) is 12.4 Å². The number of fused-ring (bicyclic) bond motifs is 1. The summed E-state index contributed by atoms with van der Waals surface area (Å²) in [5, 5.41) is 7.90. The van der Waals surface area contributed by atoms with Crippen molar-refractivity contribution in [1.82, 2.24) is 14.6 Å². The summed E-state index contributed by atoms with van der Waals surface area (Å²) in [6, 6.07) is 2.30. The molecule has 1 atom stereocenters. The second-order valence-electron chi connectivity index (χ2n) is 6.17. The lowest BCUT2D eigenvalue weighted by atomic mass is 9.85. The van der Waals surface area contributed by atoms with Crippen LogP contribution in [0.2, 0.25) is 0 Å². The molecule has 5 nitrogen and oxygen atoms in total. The van der Waals surface area contributed by atoms with E-state index in [1.807, 2.05) is 10.6 Å². The number of nitrogens with one attached hydrogen (secondary N) is 1. The zero-order valence-electron chi connectivity index (χ0n) is 13.2. The van der Waals surface area contributed by atoms with E-state index in [0.29, 0.717) is 42.0 Å². The minimum absolute atomic E-state index is 0.320. The van der Waals surface area contributed by atoms with E-state index in [2.05, 4.69) is 29.2 Å². The summed E-state index contributed by atoms with van der Waals surface area (Å²) < 4.78 is 1.90. The van der Waals surface area contributed by atoms with Crippen LogP contribution in [0.1, 0.15) is 57.6 Å². The predicted molar refractivity (Wildman–Crippen MR) is 88.0 cm³/mol. The molecule has 6 heteroatoms. The fourth-order valence-corrected chi connectivity index (χ4v) is 2.95. The van der Waals surface area contributed by atoms with Gasteiger partial charge in [-0.15, -0.1) is 5.10 Å². The maximum absolute atomic E-state index is 11.5. The summed E-state index contributed by atoms with van der Waals surface area (Å²) in [7, 11) is 6.10. The molecule has 0 aromatic carbocycles. The zero-order chi connectivity index (χ0) is 15.7. The quantitative estimate of drug-likeness (QED) is 0.876. The smallest absolute Gasteiger partial charge is 0.241 e. The van der Waals surface area contributed by atoms with Crippen molar-refractivity contribution in [1.29, 1.82) is 0 Å². The molecule has 114 valence electrons. The van der Waals surface area contributed by atoms with Crippen LogP contribution in [-0.2, 0) is 4.79 Å². The van der Waals surface area contributed by atoms with Crippen LogP contribution >= 0.6 is 0 Å². The molecule has 1 saturated carbocycles. The Hall–Kier alpha value is -1.85. The van der Waals surface area contributed by atoms with Gasteiger partial charge in [0.2, 0.25) is 5.95 Å². The Morgan fingerprint density at radius 1 is 1.45 bits per heavy atom. The largest absolute Gasteiger partial charge is 0.351 e. The summed E-state index contributed by atoms with van der Waals surface area (Å²) >= 11 is 0. The lowest BCUT2D eigenvalue weighted by Crippen LogP contribution is -2.18. The summed E-state index contributed by atoms with van der Waals surface area (Å²) in [6.07, 6.45) is 5.84. The minimum atomic E-state index is 0.320. The molecule has 1 aliphatic carbocycles. The summed E-state index contributed by atoms with van der Waals surface area (Å²) in [5.41, 5.74) is 2.62. The first-order valence-corrected chi connectivity index (χ1v) is 8.01. The van der Waals surface area contributed by atoms with Crippen molar-refractivity contribution in [3.8, 4) is 0 Å². The molecule has 0 spiro atoms. The third-order valence-electron chi connectivity index (χ3n) is 4.53. The Labute approximate surface area is 131 Å². The van der Waals surface area contributed by atoms with Crippen molar-refractivity contribution in [2.45, 2.75) is 57.9 Å². The van der Waals surface area contributed by atoms with Gasteiger partial charge < -0.3 is 5.32 Å². The lowest BCUT2D eigenvalue weighted by Gasteiger charge is -2.20. The number of ketones is 1.